The molecule has 1 fully saturated rings. The number of nitrogens with one attached hydrogen (secondary N) is 2. The molecule has 59 heavy (non-hydrogen) atoms. The number of likely N-dealkylation sites (tertiary alicyclic amines) is 1. The second kappa shape index (κ2) is 23.4. The largest absolute Gasteiger partial charge is 0.458 e. The highest BCUT2D eigenvalue weighted by atomic mass is 16.6. The number of esters is 1. The number of amides is 4. The lowest BCUT2D eigenvalue weighted by Gasteiger charge is -2.41. The van der Waals surface area contributed by atoms with Crippen LogP contribution in [-0.2, 0) is 44.6 Å². The van der Waals surface area contributed by atoms with Gasteiger partial charge >= 0.3 is 5.97 Å². The molecule has 2 rings (SSSR count). The number of rotatable bonds is 22. The Bertz CT molecular complexity index is 1500. The summed E-state index contributed by atoms with van der Waals surface area (Å²) in [5, 5.41) is 6.03. The molecule has 1 heterocycles. The Labute approximate surface area is 356 Å². The Morgan fingerprint density at radius 1 is 0.864 bits per heavy atom. The van der Waals surface area contributed by atoms with Gasteiger partial charge in [-0.1, -0.05) is 85.2 Å². The normalized spacial score (nSPS) is 18.8. The molecule has 1 aliphatic rings. The molecule has 8 unspecified atom stereocenters. The predicted octanol–water partition coefficient (Wildman–Crippen LogP) is 5.48. The van der Waals surface area contributed by atoms with Crippen LogP contribution in [0.2, 0.25) is 0 Å². The van der Waals surface area contributed by atoms with Gasteiger partial charge in [0.1, 0.15) is 17.7 Å². The first-order valence-electron chi connectivity index (χ1n) is 21.7. The van der Waals surface area contributed by atoms with Crippen molar-refractivity contribution in [2.75, 3.05) is 34.9 Å². The maximum absolute atomic E-state index is 14.4. The number of benzene rings is 1. The van der Waals surface area contributed by atoms with Crippen LogP contribution >= 0.6 is 0 Å². The Morgan fingerprint density at radius 2 is 1.47 bits per heavy atom. The minimum absolute atomic E-state index is 0.00173. The van der Waals surface area contributed by atoms with Gasteiger partial charge in [-0.05, 0) is 77.8 Å². The first-order chi connectivity index (χ1) is 27.5. The molecule has 13 heteroatoms. The van der Waals surface area contributed by atoms with Gasteiger partial charge in [0, 0.05) is 40.3 Å². The van der Waals surface area contributed by atoms with Crippen LogP contribution in [0.25, 0.3) is 0 Å². The molecule has 336 valence electrons. The van der Waals surface area contributed by atoms with Crippen LogP contribution in [0, 0.1) is 23.7 Å². The smallest absolute Gasteiger partial charge is 0.329 e. The molecule has 0 aromatic heterocycles. The van der Waals surface area contributed by atoms with Gasteiger partial charge in [-0.25, -0.2) is 4.79 Å². The van der Waals surface area contributed by atoms with E-state index < -0.39 is 59.9 Å². The van der Waals surface area contributed by atoms with Gasteiger partial charge in [0.2, 0.25) is 23.6 Å². The molecular formula is C46H79N5O8. The van der Waals surface area contributed by atoms with Crippen molar-refractivity contribution in [3.8, 4) is 0 Å². The van der Waals surface area contributed by atoms with Gasteiger partial charge in [-0.3, -0.25) is 24.1 Å². The molecule has 0 aliphatic carbocycles. The highest BCUT2D eigenvalue weighted by Crippen LogP contribution is 2.30. The van der Waals surface area contributed by atoms with Gasteiger partial charge in [-0.2, -0.15) is 0 Å². The third-order valence-corrected chi connectivity index (χ3v) is 11.9. The lowest BCUT2D eigenvalue weighted by atomic mass is 9.89. The summed E-state index contributed by atoms with van der Waals surface area (Å²) in [7, 11) is 6.76. The average Bonchev–Trinajstić information content (AvgIpc) is 3.65. The second-order valence-corrected chi connectivity index (χ2v) is 18.6. The van der Waals surface area contributed by atoms with Crippen LogP contribution in [0.1, 0.15) is 114 Å². The van der Waals surface area contributed by atoms with E-state index in [0.29, 0.717) is 13.0 Å². The number of likely N-dealkylation sites (N-methyl/N-ethyl adjacent to an activating group) is 2. The maximum Gasteiger partial charge on any atom is 0.329 e. The van der Waals surface area contributed by atoms with Crippen LogP contribution in [-0.4, -0.2) is 133 Å². The van der Waals surface area contributed by atoms with E-state index in [4.69, 9.17) is 14.2 Å². The molecule has 2 N–H and O–H groups in total. The van der Waals surface area contributed by atoms with E-state index in [0.717, 1.165) is 18.4 Å². The summed E-state index contributed by atoms with van der Waals surface area (Å²) in [5.41, 5.74) is 0.132. The zero-order chi connectivity index (χ0) is 44.9. The number of methoxy groups -OCH3 is 2. The summed E-state index contributed by atoms with van der Waals surface area (Å²) in [6.45, 7) is 23.6. The topological polar surface area (TPSA) is 147 Å². The minimum atomic E-state index is -0.924. The molecule has 0 radical (unpaired) electrons. The lowest BCUT2D eigenvalue weighted by Crippen LogP contribution is -2.60. The van der Waals surface area contributed by atoms with Crippen molar-refractivity contribution in [3.63, 3.8) is 0 Å². The van der Waals surface area contributed by atoms with E-state index in [1.54, 1.807) is 51.7 Å². The van der Waals surface area contributed by atoms with Crippen LogP contribution in [0.15, 0.2) is 30.3 Å². The molecule has 9 atom stereocenters. The van der Waals surface area contributed by atoms with Crippen LogP contribution in [0.4, 0.5) is 0 Å². The SMILES string of the molecule is CCC(C)C(C(CC(=O)N1CCCC1C(OC)C(C)C(=O)NC(Cc1ccccc1)C(=O)OC(C)(C)C)OC)N(C)C(=O)[C@@H](NC(=O)C(C(C)C)N(C)C(C)C)C(C)C. The summed E-state index contributed by atoms with van der Waals surface area (Å²) in [5.74, 6) is -2.43. The van der Waals surface area contributed by atoms with Crippen LogP contribution in [0.3, 0.4) is 0 Å². The van der Waals surface area contributed by atoms with Gasteiger partial charge in [0.05, 0.1) is 42.7 Å². The fourth-order valence-corrected chi connectivity index (χ4v) is 8.28. The van der Waals surface area contributed by atoms with Gasteiger partial charge in [-0.15, -0.1) is 0 Å². The summed E-state index contributed by atoms with van der Waals surface area (Å²) in [4.78, 5) is 75.3. The first-order valence-corrected chi connectivity index (χ1v) is 21.7. The Hall–Kier alpha value is -3.55. The zero-order valence-corrected chi connectivity index (χ0v) is 39.2. The monoisotopic (exact) mass is 830 g/mol. The van der Waals surface area contributed by atoms with Gasteiger partial charge in [0.15, 0.2) is 0 Å². The first kappa shape index (κ1) is 51.6. The quantitative estimate of drug-likeness (QED) is 0.145. The molecule has 1 aromatic carbocycles. The van der Waals surface area contributed by atoms with Crippen molar-refractivity contribution in [3.05, 3.63) is 35.9 Å². The molecule has 4 amide bonds. The maximum atomic E-state index is 14.4. The highest BCUT2D eigenvalue weighted by molar-refractivity contribution is 5.90. The van der Waals surface area contributed by atoms with E-state index in [1.807, 2.05) is 97.7 Å². The summed E-state index contributed by atoms with van der Waals surface area (Å²) in [6.07, 6.45) is 1.03. The van der Waals surface area contributed by atoms with Crippen molar-refractivity contribution in [1.29, 1.82) is 0 Å². The molecule has 0 spiro atoms. The van der Waals surface area contributed by atoms with E-state index in [2.05, 4.69) is 10.6 Å². The number of hydrogen-bond donors (Lipinski definition) is 2. The fraction of sp³-hybridized carbons (Fsp3) is 0.761. The Balaban J connectivity index is 2.33. The third-order valence-electron chi connectivity index (χ3n) is 11.9. The summed E-state index contributed by atoms with van der Waals surface area (Å²) in [6, 6.07) is 6.59. The summed E-state index contributed by atoms with van der Waals surface area (Å²) >= 11 is 0. The van der Waals surface area contributed by atoms with Crippen molar-refractivity contribution in [2.45, 2.75) is 169 Å². The molecule has 0 saturated carbocycles. The number of carbonyl (C=O) groups excluding carboxylic acids is 5. The minimum Gasteiger partial charge on any atom is -0.458 e. The van der Waals surface area contributed by atoms with E-state index in [-0.39, 0.29) is 60.3 Å². The van der Waals surface area contributed by atoms with Crippen LogP contribution < -0.4 is 10.6 Å². The fourth-order valence-electron chi connectivity index (χ4n) is 8.28. The molecule has 0 bridgehead atoms. The summed E-state index contributed by atoms with van der Waals surface area (Å²) < 4.78 is 17.8. The molecule has 13 nitrogen and oxygen atoms in total. The van der Waals surface area contributed by atoms with E-state index in [9.17, 15) is 24.0 Å². The predicted molar refractivity (Wildman–Crippen MR) is 232 cm³/mol. The zero-order valence-electron chi connectivity index (χ0n) is 39.2. The highest BCUT2D eigenvalue weighted by Gasteiger charge is 2.44. The Kier molecular flexibility index (Phi) is 20.5. The van der Waals surface area contributed by atoms with Crippen molar-refractivity contribution in [2.24, 2.45) is 23.7 Å². The lowest BCUT2D eigenvalue weighted by molar-refractivity contribution is -0.159. The number of carbonyl (C=O) groups is 5. The number of nitrogens with zero attached hydrogens (tertiary/aromatic N) is 3. The second-order valence-electron chi connectivity index (χ2n) is 18.6. The van der Waals surface area contributed by atoms with Crippen LogP contribution in [0.5, 0.6) is 0 Å². The standard InChI is InChI=1S/C46H79N5O8/c1-17-31(8)40(50(14)44(55)38(28(2)3)48-43(54)39(29(4)5)49(13)30(6)7)36(57-15)27-37(52)51-25-21-24-35(51)41(58-16)32(9)42(53)47-34(45(56)59-46(10,11)12)26-33-22-19-18-20-23-33/h18-20,22-23,28-32,34-36,38-41H,17,21,24-27H2,1-16H3,(H,47,53)(H,48,54)/t31?,32?,34?,35?,36?,38-,39?,40?,41?/m0/s1. The molecule has 1 saturated heterocycles. The molecule has 1 aliphatic heterocycles. The number of hydrogen-bond acceptors (Lipinski definition) is 9. The van der Waals surface area contributed by atoms with E-state index in [1.165, 1.54) is 7.11 Å². The van der Waals surface area contributed by atoms with Gasteiger partial charge in [0.25, 0.3) is 0 Å². The number of ether oxygens (including phenoxy) is 3. The Morgan fingerprint density at radius 3 is 1.97 bits per heavy atom. The third kappa shape index (κ3) is 14.6. The molecule has 1 aromatic rings. The van der Waals surface area contributed by atoms with Gasteiger partial charge < -0.3 is 34.6 Å². The van der Waals surface area contributed by atoms with Crippen molar-refractivity contribution >= 4 is 29.6 Å². The van der Waals surface area contributed by atoms with Crippen molar-refractivity contribution in [1.82, 2.24) is 25.3 Å². The molecular weight excluding hydrogens is 751 g/mol. The average molecular weight is 830 g/mol. The van der Waals surface area contributed by atoms with Crippen molar-refractivity contribution < 1.29 is 38.2 Å². The van der Waals surface area contributed by atoms with E-state index >= 15 is 0 Å².